The first-order valence-corrected chi connectivity index (χ1v) is 8.45. The third-order valence-corrected chi connectivity index (χ3v) is 5.06. The molecule has 1 aliphatic carbocycles. The maximum absolute atomic E-state index is 14.3. The molecule has 1 saturated carbocycles. The van der Waals surface area contributed by atoms with Crippen LogP contribution in [0.1, 0.15) is 68.9 Å². The molecule has 2 aliphatic rings. The second kappa shape index (κ2) is 6.05. The van der Waals surface area contributed by atoms with Crippen LogP contribution in [0.15, 0.2) is 12.1 Å². The van der Waals surface area contributed by atoms with E-state index in [-0.39, 0.29) is 17.4 Å². The highest BCUT2D eigenvalue weighted by Gasteiger charge is 2.53. The monoisotopic (exact) mass is 310 g/mol. The van der Waals surface area contributed by atoms with Gasteiger partial charge in [0.05, 0.1) is 5.92 Å². The Morgan fingerprint density at radius 2 is 2.00 bits per heavy atom. The Hall–Kier alpha value is -1.32. The normalized spacial score (nSPS) is 26.0. The Labute approximate surface area is 130 Å². The SMILES string of the molecule is CCCCCc1cc(O)c2c(c1)OC(F)(F)[C@@H]1CCCC[C@@H]21. The Morgan fingerprint density at radius 3 is 2.77 bits per heavy atom. The Bertz CT molecular complexity index is 542. The number of unbranched alkanes of at least 4 members (excludes halogenated alkanes) is 2. The van der Waals surface area contributed by atoms with Crippen LogP contribution >= 0.6 is 0 Å². The van der Waals surface area contributed by atoms with Gasteiger partial charge in [0.2, 0.25) is 0 Å². The number of aryl methyl sites for hydroxylation is 1. The zero-order chi connectivity index (χ0) is 15.7. The van der Waals surface area contributed by atoms with Crippen molar-refractivity contribution in [2.24, 2.45) is 5.92 Å². The molecule has 1 aromatic rings. The molecule has 0 saturated heterocycles. The summed E-state index contributed by atoms with van der Waals surface area (Å²) in [6, 6.07) is 3.45. The van der Waals surface area contributed by atoms with E-state index in [2.05, 4.69) is 6.92 Å². The summed E-state index contributed by atoms with van der Waals surface area (Å²) >= 11 is 0. The summed E-state index contributed by atoms with van der Waals surface area (Å²) in [4.78, 5) is 0. The molecule has 2 nitrogen and oxygen atoms in total. The van der Waals surface area contributed by atoms with Gasteiger partial charge in [-0.15, -0.1) is 0 Å². The standard InChI is InChI=1S/C18H24F2O2/c1-2-3-4-7-12-10-15(21)17-13-8-5-6-9-14(13)18(19,20)22-16(17)11-12/h10-11,13-14,21H,2-9H2,1H3/t13-,14-/m1/s1. The van der Waals surface area contributed by atoms with Crippen LogP contribution in [-0.4, -0.2) is 11.2 Å². The summed E-state index contributed by atoms with van der Waals surface area (Å²) in [5, 5.41) is 10.4. The highest BCUT2D eigenvalue weighted by molar-refractivity contribution is 5.51. The molecule has 0 spiro atoms. The van der Waals surface area contributed by atoms with E-state index in [0.29, 0.717) is 18.4 Å². The average Bonchev–Trinajstić information content (AvgIpc) is 2.46. The van der Waals surface area contributed by atoms with Gasteiger partial charge in [-0.05, 0) is 43.4 Å². The van der Waals surface area contributed by atoms with Crippen molar-refractivity contribution in [3.63, 3.8) is 0 Å². The molecule has 0 radical (unpaired) electrons. The highest BCUT2D eigenvalue weighted by atomic mass is 19.3. The smallest absolute Gasteiger partial charge is 0.401 e. The zero-order valence-electron chi connectivity index (χ0n) is 13.1. The van der Waals surface area contributed by atoms with Crippen LogP contribution in [0, 0.1) is 5.92 Å². The first-order chi connectivity index (χ1) is 10.5. The fraction of sp³-hybridized carbons (Fsp3) is 0.667. The number of hydrogen-bond donors (Lipinski definition) is 1. The maximum Gasteiger partial charge on any atom is 0.401 e. The van der Waals surface area contributed by atoms with E-state index in [9.17, 15) is 13.9 Å². The summed E-state index contributed by atoms with van der Waals surface area (Å²) in [6.45, 7) is 2.12. The number of alkyl halides is 2. The summed E-state index contributed by atoms with van der Waals surface area (Å²) in [7, 11) is 0. The minimum atomic E-state index is -3.12. The van der Waals surface area contributed by atoms with Gasteiger partial charge in [-0.25, -0.2) is 0 Å². The second-order valence-corrected chi connectivity index (χ2v) is 6.65. The van der Waals surface area contributed by atoms with E-state index in [0.717, 1.165) is 44.1 Å². The summed E-state index contributed by atoms with van der Waals surface area (Å²) in [6.07, 6.45) is 3.80. The van der Waals surface area contributed by atoms with Crippen molar-refractivity contribution in [3.05, 3.63) is 23.3 Å². The van der Waals surface area contributed by atoms with Gasteiger partial charge >= 0.3 is 6.11 Å². The molecule has 22 heavy (non-hydrogen) atoms. The van der Waals surface area contributed by atoms with Gasteiger partial charge in [0.15, 0.2) is 0 Å². The van der Waals surface area contributed by atoms with Crippen LogP contribution in [0.5, 0.6) is 11.5 Å². The van der Waals surface area contributed by atoms with Gasteiger partial charge in [0, 0.05) is 11.5 Å². The highest BCUT2D eigenvalue weighted by Crippen LogP contribution is 2.55. The van der Waals surface area contributed by atoms with Gasteiger partial charge in [-0.3, -0.25) is 0 Å². The van der Waals surface area contributed by atoms with Crippen LogP contribution in [0.4, 0.5) is 8.78 Å². The van der Waals surface area contributed by atoms with Gasteiger partial charge in [0.1, 0.15) is 11.5 Å². The molecule has 1 fully saturated rings. The largest absolute Gasteiger partial charge is 0.508 e. The first kappa shape index (κ1) is 15.6. The molecular weight excluding hydrogens is 286 g/mol. The van der Waals surface area contributed by atoms with Gasteiger partial charge < -0.3 is 9.84 Å². The summed E-state index contributed by atoms with van der Waals surface area (Å²) in [5.74, 6) is -0.751. The quantitative estimate of drug-likeness (QED) is 0.756. The minimum Gasteiger partial charge on any atom is -0.508 e. The molecule has 0 bridgehead atoms. The topological polar surface area (TPSA) is 29.5 Å². The fourth-order valence-corrected chi connectivity index (χ4v) is 3.95. The maximum atomic E-state index is 14.3. The Kier molecular flexibility index (Phi) is 4.28. The molecule has 1 aromatic carbocycles. The minimum absolute atomic E-state index is 0.136. The Morgan fingerprint density at radius 1 is 1.23 bits per heavy atom. The molecule has 3 rings (SSSR count). The molecule has 1 aliphatic heterocycles. The van der Waals surface area contributed by atoms with Crippen molar-refractivity contribution in [2.75, 3.05) is 0 Å². The number of halogens is 2. The summed E-state index contributed by atoms with van der Waals surface area (Å²) < 4.78 is 33.6. The van der Waals surface area contributed by atoms with E-state index >= 15 is 0 Å². The molecule has 0 amide bonds. The van der Waals surface area contributed by atoms with Crippen molar-refractivity contribution in [3.8, 4) is 11.5 Å². The van der Waals surface area contributed by atoms with Crippen LogP contribution in [-0.2, 0) is 6.42 Å². The molecule has 1 N–H and O–H groups in total. The van der Waals surface area contributed by atoms with E-state index < -0.39 is 12.0 Å². The number of fused-ring (bicyclic) bond motifs is 3. The molecule has 2 atom stereocenters. The lowest BCUT2D eigenvalue weighted by Crippen LogP contribution is -2.43. The van der Waals surface area contributed by atoms with Crippen molar-refractivity contribution in [2.45, 2.75) is 70.3 Å². The van der Waals surface area contributed by atoms with Crippen LogP contribution in [0.25, 0.3) is 0 Å². The molecular formula is C18H24F2O2. The number of ether oxygens (including phenoxy) is 1. The van der Waals surface area contributed by atoms with E-state index in [1.54, 1.807) is 12.1 Å². The predicted molar refractivity (Wildman–Crippen MR) is 81.6 cm³/mol. The number of phenols is 1. The van der Waals surface area contributed by atoms with Crippen LogP contribution in [0.2, 0.25) is 0 Å². The van der Waals surface area contributed by atoms with Gasteiger partial charge in [-0.2, -0.15) is 8.78 Å². The van der Waals surface area contributed by atoms with Crippen molar-refractivity contribution in [1.82, 2.24) is 0 Å². The number of rotatable bonds is 4. The number of benzene rings is 1. The van der Waals surface area contributed by atoms with Crippen molar-refractivity contribution < 1.29 is 18.6 Å². The molecule has 4 heteroatoms. The lowest BCUT2D eigenvalue weighted by atomic mass is 9.72. The first-order valence-electron chi connectivity index (χ1n) is 8.45. The van der Waals surface area contributed by atoms with Crippen molar-refractivity contribution in [1.29, 1.82) is 0 Å². The third kappa shape index (κ3) is 2.80. The molecule has 122 valence electrons. The fourth-order valence-electron chi connectivity index (χ4n) is 3.95. The number of hydrogen-bond acceptors (Lipinski definition) is 2. The predicted octanol–water partition coefficient (Wildman–Crippen LogP) is 5.38. The Balaban J connectivity index is 1.93. The molecule has 1 heterocycles. The summed E-state index contributed by atoms with van der Waals surface area (Å²) in [5.41, 5.74) is 1.49. The van der Waals surface area contributed by atoms with E-state index in [1.807, 2.05) is 0 Å². The third-order valence-electron chi connectivity index (χ3n) is 5.06. The van der Waals surface area contributed by atoms with Crippen LogP contribution < -0.4 is 4.74 Å². The number of phenolic OH excluding ortho intramolecular Hbond substituents is 1. The number of aromatic hydroxyl groups is 1. The average molecular weight is 310 g/mol. The van der Waals surface area contributed by atoms with Gasteiger partial charge in [0.25, 0.3) is 0 Å². The lowest BCUT2D eigenvalue weighted by Gasteiger charge is -2.41. The zero-order valence-corrected chi connectivity index (χ0v) is 13.1. The van der Waals surface area contributed by atoms with Crippen LogP contribution in [0.3, 0.4) is 0 Å². The lowest BCUT2D eigenvalue weighted by molar-refractivity contribution is -0.236. The van der Waals surface area contributed by atoms with Crippen molar-refractivity contribution >= 4 is 0 Å². The van der Waals surface area contributed by atoms with E-state index in [4.69, 9.17) is 4.74 Å². The molecule has 0 aromatic heterocycles. The van der Waals surface area contributed by atoms with E-state index in [1.165, 1.54) is 0 Å². The molecule has 0 unspecified atom stereocenters. The second-order valence-electron chi connectivity index (χ2n) is 6.65. The van der Waals surface area contributed by atoms with Gasteiger partial charge in [-0.1, -0.05) is 32.6 Å².